The molecule has 0 aromatic rings. The van der Waals surface area contributed by atoms with Crippen LogP contribution in [0.4, 0.5) is 0 Å². The van der Waals surface area contributed by atoms with Crippen molar-refractivity contribution in [3.8, 4) is 0 Å². The fourth-order valence-electron chi connectivity index (χ4n) is 3.05. The van der Waals surface area contributed by atoms with E-state index >= 15 is 0 Å². The van der Waals surface area contributed by atoms with Crippen molar-refractivity contribution in [1.82, 2.24) is 0 Å². The third-order valence-corrected chi connectivity index (χ3v) is 4.35. The van der Waals surface area contributed by atoms with Crippen LogP contribution in [0.2, 0.25) is 0 Å². The van der Waals surface area contributed by atoms with Gasteiger partial charge in [0.15, 0.2) is 0 Å². The van der Waals surface area contributed by atoms with Crippen LogP contribution in [0.25, 0.3) is 0 Å². The van der Waals surface area contributed by atoms with E-state index in [1.165, 1.54) is 19.3 Å². The Morgan fingerprint density at radius 1 is 1.30 bits per heavy atom. The van der Waals surface area contributed by atoms with Gasteiger partial charge in [0.1, 0.15) is 0 Å². The molecule has 3 saturated carbocycles. The second-order valence-electron chi connectivity index (χ2n) is 4.83. The maximum Gasteiger partial charge on any atom is -0.0294 e. The van der Waals surface area contributed by atoms with Crippen LogP contribution in [0.3, 0.4) is 0 Å². The van der Waals surface area contributed by atoms with Gasteiger partial charge in [-0.1, -0.05) is 20.8 Å². The van der Waals surface area contributed by atoms with E-state index in [0.717, 1.165) is 23.2 Å². The van der Waals surface area contributed by atoms with Gasteiger partial charge in [-0.25, -0.2) is 0 Å². The topological polar surface area (TPSA) is 0 Å². The van der Waals surface area contributed by atoms with Crippen molar-refractivity contribution in [3.05, 3.63) is 0 Å². The van der Waals surface area contributed by atoms with Crippen LogP contribution in [0, 0.1) is 23.2 Å². The molecule has 4 unspecified atom stereocenters. The molecule has 2 bridgehead atoms. The van der Waals surface area contributed by atoms with Gasteiger partial charge in [0.2, 0.25) is 0 Å². The van der Waals surface area contributed by atoms with Gasteiger partial charge < -0.3 is 0 Å². The summed E-state index contributed by atoms with van der Waals surface area (Å²) in [5, 5.41) is 0. The second kappa shape index (κ2) is 1.78. The van der Waals surface area contributed by atoms with Gasteiger partial charge >= 0.3 is 0 Å². The Morgan fingerprint density at radius 3 is 2.40 bits per heavy atom. The zero-order valence-electron chi connectivity index (χ0n) is 7.35. The van der Waals surface area contributed by atoms with E-state index in [-0.39, 0.29) is 0 Å². The highest BCUT2D eigenvalue weighted by Gasteiger charge is 2.52. The first-order valence-electron chi connectivity index (χ1n) is 4.63. The maximum atomic E-state index is 2.47. The van der Waals surface area contributed by atoms with E-state index in [1.54, 1.807) is 0 Å². The van der Waals surface area contributed by atoms with E-state index in [9.17, 15) is 0 Å². The molecule has 0 spiro atoms. The lowest BCUT2D eigenvalue weighted by Crippen LogP contribution is -2.51. The zero-order chi connectivity index (χ0) is 7.35. The average molecular weight is 138 g/mol. The van der Waals surface area contributed by atoms with E-state index in [4.69, 9.17) is 0 Å². The van der Waals surface area contributed by atoms with Crippen LogP contribution in [-0.4, -0.2) is 0 Å². The van der Waals surface area contributed by atoms with Crippen molar-refractivity contribution in [2.24, 2.45) is 23.2 Å². The first-order chi connectivity index (χ1) is 4.63. The van der Waals surface area contributed by atoms with E-state index in [2.05, 4.69) is 20.8 Å². The fraction of sp³-hybridized carbons (Fsp3) is 1.00. The highest BCUT2D eigenvalue weighted by molar-refractivity contribution is 5.02. The number of fused-ring (bicyclic) bond motifs is 2. The quantitative estimate of drug-likeness (QED) is 0.482. The molecule has 3 rings (SSSR count). The Hall–Kier alpha value is 0. The van der Waals surface area contributed by atoms with Crippen LogP contribution >= 0.6 is 0 Å². The Balaban J connectivity index is 2.13. The molecule has 3 fully saturated rings. The Morgan fingerprint density at radius 2 is 2.00 bits per heavy atom. The van der Waals surface area contributed by atoms with Gasteiger partial charge in [0.05, 0.1) is 0 Å². The Kier molecular flexibility index (Phi) is 1.19. The van der Waals surface area contributed by atoms with Crippen LogP contribution < -0.4 is 0 Å². The number of hydrogen-bond acceptors (Lipinski definition) is 0. The summed E-state index contributed by atoms with van der Waals surface area (Å²) in [7, 11) is 0. The molecule has 3 aliphatic rings. The van der Waals surface area contributed by atoms with Gasteiger partial charge in [-0.3, -0.25) is 0 Å². The molecule has 0 heteroatoms. The van der Waals surface area contributed by atoms with Crippen molar-refractivity contribution in [2.75, 3.05) is 0 Å². The minimum Gasteiger partial charge on any atom is -0.0622 e. The first kappa shape index (κ1) is 6.69. The summed E-state index contributed by atoms with van der Waals surface area (Å²) in [5.41, 5.74) is 0.761. The molecule has 4 atom stereocenters. The Labute approximate surface area is 64.0 Å². The van der Waals surface area contributed by atoms with Gasteiger partial charge in [-0.2, -0.15) is 0 Å². The minimum absolute atomic E-state index is 0.761. The minimum atomic E-state index is 0.761. The first-order valence-corrected chi connectivity index (χ1v) is 4.63. The lowest BCUT2D eigenvalue weighted by molar-refractivity contribution is -0.0975. The monoisotopic (exact) mass is 138 g/mol. The lowest BCUT2D eigenvalue weighted by atomic mass is 9.46. The summed E-state index contributed by atoms with van der Waals surface area (Å²) in [6.45, 7) is 7.35. The van der Waals surface area contributed by atoms with Gasteiger partial charge in [0, 0.05) is 0 Å². The molecule has 0 nitrogen and oxygen atoms in total. The van der Waals surface area contributed by atoms with E-state index < -0.39 is 0 Å². The van der Waals surface area contributed by atoms with Crippen molar-refractivity contribution in [2.45, 2.75) is 40.0 Å². The molecule has 58 valence electrons. The van der Waals surface area contributed by atoms with E-state index in [0.29, 0.717) is 0 Å². The van der Waals surface area contributed by atoms with Gasteiger partial charge in [0.25, 0.3) is 0 Å². The predicted octanol–water partition coefficient (Wildman–Crippen LogP) is 3.08. The van der Waals surface area contributed by atoms with Crippen molar-refractivity contribution in [3.63, 3.8) is 0 Å². The number of hydrogen-bond donors (Lipinski definition) is 0. The summed E-state index contributed by atoms with van der Waals surface area (Å²) < 4.78 is 0. The summed E-state index contributed by atoms with van der Waals surface area (Å²) in [4.78, 5) is 0. The molecule has 0 N–H and O–H groups in total. The zero-order valence-corrected chi connectivity index (χ0v) is 7.35. The smallest absolute Gasteiger partial charge is 0.0294 e. The third kappa shape index (κ3) is 0.627. The summed E-state index contributed by atoms with van der Waals surface area (Å²) in [6.07, 6.45) is 4.51. The molecule has 0 radical (unpaired) electrons. The summed E-state index contributed by atoms with van der Waals surface area (Å²) in [5.74, 6) is 3.13. The van der Waals surface area contributed by atoms with Crippen LogP contribution in [0.5, 0.6) is 0 Å². The van der Waals surface area contributed by atoms with Gasteiger partial charge in [-0.15, -0.1) is 0 Å². The molecule has 0 aliphatic heterocycles. The normalized spacial score (nSPS) is 59.7. The van der Waals surface area contributed by atoms with Crippen LogP contribution in [0.1, 0.15) is 40.0 Å². The summed E-state index contributed by atoms with van der Waals surface area (Å²) >= 11 is 0. The molecular formula is C10H18. The SMILES string of the molecule is CC1CCC2(C)CC1C2C. The highest BCUT2D eigenvalue weighted by Crippen LogP contribution is 2.61. The molecule has 0 heterocycles. The summed E-state index contributed by atoms with van der Waals surface area (Å²) in [6, 6.07) is 0. The number of rotatable bonds is 0. The largest absolute Gasteiger partial charge is 0.0622 e. The van der Waals surface area contributed by atoms with Gasteiger partial charge in [-0.05, 0) is 42.4 Å². The van der Waals surface area contributed by atoms with Crippen molar-refractivity contribution < 1.29 is 0 Å². The standard InChI is InChI=1S/C10H18/c1-7-4-5-10(3)6-9(7)8(10)2/h7-9H,4-6H2,1-3H3. The molecule has 0 aromatic carbocycles. The van der Waals surface area contributed by atoms with E-state index in [1.807, 2.05) is 0 Å². The van der Waals surface area contributed by atoms with Crippen LogP contribution in [0.15, 0.2) is 0 Å². The molecular weight excluding hydrogens is 120 g/mol. The molecule has 0 saturated heterocycles. The molecule has 0 aromatic heterocycles. The van der Waals surface area contributed by atoms with Crippen molar-refractivity contribution >= 4 is 0 Å². The molecule has 0 amide bonds. The highest BCUT2D eigenvalue weighted by atomic mass is 14.6. The fourth-order valence-corrected chi connectivity index (χ4v) is 3.05. The predicted molar refractivity (Wildman–Crippen MR) is 43.8 cm³/mol. The maximum absolute atomic E-state index is 2.47. The Bertz CT molecular complexity index is 146. The average Bonchev–Trinajstić information content (AvgIpc) is 1.93. The van der Waals surface area contributed by atoms with Crippen molar-refractivity contribution in [1.29, 1.82) is 0 Å². The van der Waals surface area contributed by atoms with Crippen LogP contribution in [-0.2, 0) is 0 Å². The molecule has 10 heavy (non-hydrogen) atoms. The lowest BCUT2D eigenvalue weighted by Gasteiger charge is -2.59. The molecule has 3 aliphatic carbocycles. The third-order valence-electron chi connectivity index (χ3n) is 4.35. The second-order valence-corrected chi connectivity index (χ2v) is 4.83.